The van der Waals surface area contributed by atoms with E-state index >= 15 is 0 Å². The zero-order valence-corrected chi connectivity index (χ0v) is 16.4. The van der Waals surface area contributed by atoms with Gasteiger partial charge in [-0.15, -0.1) is 0 Å². The number of benzene rings is 1. The SMILES string of the molecule is COc1ccc(C(=O)OCC(=O)NC[C@H]2CCCO2)cc1S(=O)(=O)NC1CC1. The van der Waals surface area contributed by atoms with E-state index in [0.29, 0.717) is 13.2 Å². The molecule has 1 amide bonds. The summed E-state index contributed by atoms with van der Waals surface area (Å²) in [6.45, 7) is 0.599. The third-order valence-corrected chi connectivity index (χ3v) is 6.01. The van der Waals surface area contributed by atoms with E-state index < -0.39 is 28.5 Å². The zero-order chi connectivity index (χ0) is 20.1. The number of sulfonamides is 1. The lowest BCUT2D eigenvalue weighted by Crippen LogP contribution is -2.34. The maximum Gasteiger partial charge on any atom is 0.338 e. The Kier molecular flexibility index (Phi) is 6.53. The van der Waals surface area contributed by atoms with Crippen LogP contribution in [-0.4, -0.2) is 59.3 Å². The molecule has 0 spiro atoms. The number of methoxy groups -OCH3 is 1. The molecule has 0 unspecified atom stereocenters. The van der Waals surface area contributed by atoms with E-state index in [-0.39, 0.29) is 28.4 Å². The summed E-state index contributed by atoms with van der Waals surface area (Å²) in [6, 6.07) is 3.88. The Labute approximate surface area is 163 Å². The van der Waals surface area contributed by atoms with Crippen LogP contribution in [0.15, 0.2) is 23.1 Å². The van der Waals surface area contributed by atoms with Gasteiger partial charge in [0.25, 0.3) is 5.91 Å². The van der Waals surface area contributed by atoms with Crippen molar-refractivity contribution in [1.29, 1.82) is 0 Å². The number of amides is 1. The van der Waals surface area contributed by atoms with Gasteiger partial charge < -0.3 is 19.5 Å². The standard InChI is InChI=1S/C18H24N2O7S/c1-25-15-7-4-12(9-16(15)28(23,24)20-13-5-6-13)18(22)27-11-17(21)19-10-14-3-2-8-26-14/h4,7,9,13-14,20H,2-3,5-6,8,10-11H2,1H3,(H,19,21)/t14-/m1/s1. The van der Waals surface area contributed by atoms with E-state index in [9.17, 15) is 18.0 Å². The van der Waals surface area contributed by atoms with Crippen LogP contribution in [-0.2, 0) is 24.3 Å². The molecule has 28 heavy (non-hydrogen) atoms. The molecular formula is C18H24N2O7S. The van der Waals surface area contributed by atoms with Crippen LogP contribution in [0.5, 0.6) is 5.75 Å². The van der Waals surface area contributed by atoms with Gasteiger partial charge in [0.2, 0.25) is 10.0 Å². The van der Waals surface area contributed by atoms with Gasteiger partial charge in [0.05, 0.1) is 18.8 Å². The molecule has 1 heterocycles. The molecule has 154 valence electrons. The Morgan fingerprint density at radius 3 is 2.68 bits per heavy atom. The number of carbonyl (C=O) groups is 2. The first-order chi connectivity index (χ1) is 13.4. The van der Waals surface area contributed by atoms with Gasteiger partial charge in [-0.25, -0.2) is 17.9 Å². The second-order valence-corrected chi connectivity index (χ2v) is 8.46. The molecule has 1 aromatic rings. The molecule has 2 aliphatic rings. The summed E-state index contributed by atoms with van der Waals surface area (Å²) < 4.78 is 43.0. The fraction of sp³-hybridized carbons (Fsp3) is 0.556. The molecule has 3 rings (SSSR count). The van der Waals surface area contributed by atoms with Gasteiger partial charge >= 0.3 is 5.97 Å². The second kappa shape index (κ2) is 8.89. The molecule has 0 aromatic heterocycles. The highest BCUT2D eigenvalue weighted by molar-refractivity contribution is 7.89. The molecule has 2 N–H and O–H groups in total. The minimum atomic E-state index is -3.82. The highest BCUT2D eigenvalue weighted by atomic mass is 32.2. The van der Waals surface area contributed by atoms with Crippen molar-refractivity contribution in [3.05, 3.63) is 23.8 Å². The van der Waals surface area contributed by atoms with Gasteiger partial charge in [0.15, 0.2) is 6.61 Å². The van der Waals surface area contributed by atoms with Crippen LogP contribution in [0, 0.1) is 0 Å². The van der Waals surface area contributed by atoms with Crippen molar-refractivity contribution < 1.29 is 32.2 Å². The van der Waals surface area contributed by atoms with E-state index in [4.69, 9.17) is 14.2 Å². The number of hydrogen-bond acceptors (Lipinski definition) is 7. The zero-order valence-electron chi connectivity index (χ0n) is 15.6. The van der Waals surface area contributed by atoms with E-state index in [2.05, 4.69) is 10.0 Å². The van der Waals surface area contributed by atoms with E-state index in [1.165, 1.54) is 25.3 Å². The van der Waals surface area contributed by atoms with E-state index in [1.807, 2.05) is 0 Å². The number of ether oxygens (including phenoxy) is 3. The summed E-state index contributed by atoms with van der Waals surface area (Å²) in [7, 11) is -2.47. The van der Waals surface area contributed by atoms with Crippen LogP contribution in [0.3, 0.4) is 0 Å². The molecule has 1 saturated carbocycles. The Morgan fingerprint density at radius 2 is 2.04 bits per heavy atom. The highest BCUT2D eigenvalue weighted by Gasteiger charge is 2.30. The van der Waals surface area contributed by atoms with Crippen LogP contribution in [0.1, 0.15) is 36.0 Å². The molecular weight excluding hydrogens is 388 g/mol. The van der Waals surface area contributed by atoms with Crippen molar-refractivity contribution in [2.24, 2.45) is 0 Å². The molecule has 9 nitrogen and oxygen atoms in total. The minimum Gasteiger partial charge on any atom is -0.495 e. The summed E-state index contributed by atoms with van der Waals surface area (Å²) in [5, 5.41) is 2.65. The Balaban J connectivity index is 1.59. The molecule has 1 saturated heterocycles. The monoisotopic (exact) mass is 412 g/mol. The third-order valence-electron chi connectivity index (χ3n) is 4.47. The lowest BCUT2D eigenvalue weighted by molar-refractivity contribution is -0.124. The quantitative estimate of drug-likeness (QED) is 0.570. The van der Waals surface area contributed by atoms with E-state index in [0.717, 1.165) is 25.7 Å². The minimum absolute atomic E-state index is 0.00651. The lowest BCUT2D eigenvalue weighted by atomic mass is 10.2. The molecule has 1 aliphatic carbocycles. The fourth-order valence-corrected chi connectivity index (χ4v) is 4.30. The average Bonchev–Trinajstić information content (AvgIpc) is 3.32. The van der Waals surface area contributed by atoms with Gasteiger partial charge in [0, 0.05) is 19.2 Å². The summed E-state index contributed by atoms with van der Waals surface area (Å²) >= 11 is 0. The Hall–Kier alpha value is -2.17. The molecule has 1 aromatic carbocycles. The number of carbonyl (C=O) groups excluding carboxylic acids is 2. The summed E-state index contributed by atoms with van der Waals surface area (Å²) in [4.78, 5) is 23.9. The number of esters is 1. The molecule has 0 radical (unpaired) electrons. The maximum atomic E-state index is 12.5. The van der Waals surface area contributed by atoms with Crippen molar-refractivity contribution in [3.8, 4) is 5.75 Å². The topological polar surface area (TPSA) is 120 Å². The van der Waals surface area contributed by atoms with Gasteiger partial charge in [0.1, 0.15) is 10.6 Å². The van der Waals surface area contributed by atoms with Crippen LogP contribution in [0.4, 0.5) is 0 Å². The molecule has 2 fully saturated rings. The van der Waals surface area contributed by atoms with Crippen molar-refractivity contribution in [2.45, 2.75) is 42.7 Å². The van der Waals surface area contributed by atoms with Crippen LogP contribution in [0.25, 0.3) is 0 Å². The molecule has 10 heteroatoms. The summed E-state index contributed by atoms with van der Waals surface area (Å²) in [6.07, 6.45) is 3.41. The number of nitrogens with one attached hydrogen (secondary N) is 2. The van der Waals surface area contributed by atoms with E-state index in [1.54, 1.807) is 0 Å². The van der Waals surface area contributed by atoms with Crippen molar-refractivity contribution >= 4 is 21.9 Å². The molecule has 1 atom stereocenters. The second-order valence-electron chi connectivity index (χ2n) is 6.78. The predicted octanol–water partition coefficient (Wildman–Crippen LogP) is 0.588. The Bertz CT molecular complexity index is 830. The Morgan fingerprint density at radius 1 is 1.25 bits per heavy atom. The first-order valence-electron chi connectivity index (χ1n) is 9.15. The molecule has 0 bridgehead atoms. The van der Waals surface area contributed by atoms with Gasteiger partial charge in [-0.1, -0.05) is 0 Å². The van der Waals surface area contributed by atoms with Crippen molar-refractivity contribution in [3.63, 3.8) is 0 Å². The largest absolute Gasteiger partial charge is 0.495 e. The lowest BCUT2D eigenvalue weighted by Gasteiger charge is -2.13. The van der Waals surface area contributed by atoms with Gasteiger partial charge in [-0.2, -0.15) is 0 Å². The fourth-order valence-electron chi connectivity index (χ4n) is 2.80. The first-order valence-corrected chi connectivity index (χ1v) is 10.6. The normalized spacial score (nSPS) is 19.2. The van der Waals surface area contributed by atoms with Gasteiger partial charge in [-0.3, -0.25) is 4.79 Å². The van der Waals surface area contributed by atoms with Crippen molar-refractivity contribution in [1.82, 2.24) is 10.0 Å². The first kappa shape index (κ1) is 20.6. The summed E-state index contributed by atoms with van der Waals surface area (Å²) in [5.74, 6) is -1.11. The smallest absolute Gasteiger partial charge is 0.338 e. The summed E-state index contributed by atoms with van der Waals surface area (Å²) in [5.41, 5.74) is 0.0175. The average molecular weight is 412 g/mol. The molecule has 1 aliphatic heterocycles. The number of hydrogen-bond donors (Lipinski definition) is 2. The van der Waals surface area contributed by atoms with Gasteiger partial charge in [-0.05, 0) is 43.9 Å². The van der Waals surface area contributed by atoms with Crippen LogP contribution >= 0.6 is 0 Å². The predicted molar refractivity (Wildman–Crippen MR) is 98.6 cm³/mol. The highest BCUT2D eigenvalue weighted by Crippen LogP contribution is 2.28. The van der Waals surface area contributed by atoms with Crippen molar-refractivity contribution in [2.75, 3.05) is 26.9 Å². The van der Waals surface area contributed by atoms with Crippen LogP contribution in [0.2, 0.25) is 0 Å². The van der Waals surface area contributed by atoms with Crippen LogP contribution < -0.4 is 14.8 Å². The third kappa shape index (κ3) is 5.43. The number of rotatable bonds is 9. The maximum absolute atomic E-state index is 12.5.